The molecule has 1 rings (SSSR count). The van der Waals surface area contributed by atoms with Crippen molar-refractivity contribution in [2.24, 2.45) is 5.92 Å². The Morgan fingerprint density at radius 1 is 1.57 bits per heavy atom. The second-order valence-electron chi connectivity index (χ2n) is 4.04. The van der Waals surface area contributed by atoms with Gasteiger partial charge in [-0.25, -0.2) is 0 Å². The number of piperidine rings is 1. The quantitative estimate of drug-likeness (QED) is 0.710. The first-order chi connectivity index (χ1) is 6.52. The first-order valence-corrected chi connectivity index (χ1v) is 5.57. The molecule has 1 heterocycles. The number of aliphatic hydroxyl groups excluding tert-OH is 1. The van der Waals surface area contributed by atoms with Crippen molar-refractivity contribution < 1.29 is 9.90 Å². The lowest BCUT2D eigenvalue weighted by Gasteiger charge is -2.34. The van der Waals surface area contributed by atoms with Crippen molar-refractivity contribution in [2.45, 2.75) is 38.2 Å². The summed E-state index contributed by atoms with van der Waals surface area (Å²) >= 11 is 5.74. The second-order valence-corrected chi connectivity index (χ2v) is 4.70. The molecule has 1 amide bonds. The Bertz CT molecular complexity index is 206. The number of rotatable bonds is 2. The number of carbonyl (C=O) groups excluding carboxylic acids is 1. The fourth-order valence-electron chi connectivity index (χ4n) is 1.86. The summed E-state index contributed by atoms with van der Waals surface area (Å²) in [7, 11) is 0. The highest BCUT2D eigenvalue weighted by Crippen LogP contribution is 2.20. The summed E-state index contributed by atoms with van der Waals surface area (Å²) in [5.74, 6) is 0.195. The predicted octanol–water partition coefficient (Wildman–Crippen LogP) is 1.23. The van der Waals surface area contributed by atoms with Gasteiger partial charge in [0.15, 0.2) is 0 Å². The molecule has 0 aromatic rings. The Morgan fingerprint density at radius 2 is 2.21 bits per heavy atom. The van der Waals surface area contributed by atoms with Crippen LogP contribution in [-0.2, 0) is 4.79 Å². The molecule has 0 aromatic heterocycles. The molecular weight excluding hydrogens is 202 g/mol. The summed E-state index contributed by atoms with van der Waals surface area (Å²) in [5.41, 5.74) is 0. The minimum absolute atomic E-state index is 0.0167. The predicted molar refractivity (Wildman–Crippen MR) is 56.3 cm³/mol. The standard InChI is InChI=1S/C10H18ClNO2/c1-7(11)10(14)12-5-3-4-9(6-12)8(2)13/h7-9,13H,3-6H2,1-2H3/t7-,8+,9+/m0/s1. The van der Waals surface area contributed by atoms with Crippen molar-refractivity contribution in [1.29, 1.82) is 0 Å². The highest BCUT2D eigenvalue weighted by molar-refractivity contribution is 6.30. The minimum Gasteiger partial charge on any atom is -0.393 e. The smallest absolute Gasteiger partial charge is 0.240 e. The van der Waals surface area contributed by atoms with E-state index in [0.29, 0.717) is 6.54 Å². The van der Waals surface area contributed by atoms with Crippen LogP contribution in [0.4, 0.5) is 0 Å². The molecule has 82 valence electrons. The third-order valence-electron chi connectivity index (χ3n) is 2.79. The lowest BCUT2D eigenvalue weighted by Crippen LogP contribution is -2.45. The maximum Gasteiger partial charge on any atom is 0.240 e. The van der Waals surface area contributed by atoms with Crippen LogP contribution in [0.1, 0.15) is 26.7 Å². The average Bonchev–Trinajstić information content (AvgIpc) is 2.16. The van der Waals surface area contributed by atoms with Crippen molar-refractivity contribution in [3.8, 4) is 0 Å². The van der Waals surface area contributed by atoms with E-state index in [-0.39, 0.29) is 17.9 Å². The van der Waals surface area contributed by atoms with Crippen LogP contribution in [0, 0.1) is 5.92 Å². The van der Waals surface area contributed by atoms with Gasteiger partial charge in [0.25, 0.3) is 0 Å². The monoisotopic (exact) mass is 219 g/mol. The molecule has 4 heteroatoms. The number of halogens is 1. The second kappa shape index (κ2) is 4.99. The zero-order valence-electron chi connectivity index (χ0n) is 8.74. The van der Waals surface area contributed by atoms with Crippen molar-refractivity contribution in [1.82, 2.24) is 4.90 Å². The molecular formula is C10H18ClNO2. The Kier molecular flexibility index (Phi) is 4.20. The number of aliphatic hydroxyl groups is 1. The van der Waals surface area contributed by atoms with Crippen LogP contribution in [0.25, 0.3) is 0 Å². The molecule has 3 nitrogen and oxygen atoms in total. The summed E-state index contributed by atoms with van der Waals surface area (Å²) < 4.78 is 0. The largest absolute Gasteiger partial charge is 0.393 e. The Labute approximate surface area is 90.0 Å². The third kappa shape index (κ3) is 2.85. The van der Waals surface area contributed by atoms with Gasteiger partial charge in [0.2, 0.25) is 5.91 Å². The van der Waals surface area contributed by atoms with Gasteiger partial charge in [-0.1, -0.05) is 0 Å². The number of nitrogens with zero attached hydrogens (tertiary/aromatic N) is 1. The van der Waals surface area contributed by atoms with Crippen LogP contribution in [0.5, 0.6) is 0 Å². The Hall–Kier alpha value is -0.280. The Morgan fingerprint density at radius 3 is 2.71 bits per heavy atom. The molecule has 0 aromatic carbocycles. The number of likely N-dealkylation sites (tertiary alicyclic amines) is 1. The molecule has 0 aliphatic carbocycles. The van der Waals surface area contributed by atoms with Crippen molar-refractivity contribution in [3.63, 3.8) is 0 Å². The normalized spacial score (nSPS) is 27.1. The van der Waals surface area contributed by atoms with Crippen LogP contribution in [0.3, 0.4) is 0 Å². The fraction of sp³-hybridized carbons (Fsp3) is 0.900. The minimum atomic E-state index is -0.456. The van der Waals surface area contributed by atoms with Crippen molar-refractivity contribution in [2.75, 3.05) is 13.1 Å². The summed E-state index contributed by atoms with van der Waals surface area (Å²) in [6.45, 7) is 4.89. The average molecular weight is 220 g/mol. The lowest BCUT2D eigenvalue weighted by molar-refractivity contribution is -0.133. The molecule has 3 atom stereocenters. The van der Waals surface area contributed by atoms with E-state index < -0.39 is 5.38 Å². The zero-order valence-corrected chi connectivity index (χ0v) is 9.50. The molecule has 1 fully saturated rings. The van der Waals surface area contributed by atoms with E-state index in [0.717, 1.165) is 19.4 Å². The van der Waals surface area contributed by atoms with Gasteiger partial charge in [0, 0.05) is 19.0 Å². The van der Waals surface area contributed by atoms with Crippen molar-refractivity contribution >= 4 is 17.5 Å². The molecule has 1 aliphatic heterocycles. The van der Waals surface area contributed by atoms with E-state index in [1.165, 1.54) is 0 Å². The van der Waals surface area contributed by atoms with E-state index >= 15 is 0 Å². The van der Waals surface area contributed by atoms with E-state index in [1.807, 2.05) is 0 Å². The third-order valence-corrected chi connectivity index (χ3v) is 2.98. The van der Waals surface area contributed by atoms with E-state index in [4.69, 9.17) is 11.6 Å². The SMILES string of the molecule is C[C@H](Cl)C(=O)N1CCC[C@@H]([C@@H](C)O)C1. The van der Waals surface area contributed by atoms with Gasteiger partial charge in [-0.3, -0.25) is 4.79 Å². The van der Waals surface area contributed by atoms with Crippen molar-refractivity contribution in [3.05, 3.63) is 0 Å². The highest BCUT2D eigenvalue weighted by Gasteiger charge is 2.27. The highest BCUT2D eigenvalue weighted by atomic mass is 35.5. The molecule has 0 saturated carbocycles. The number of carbonyl (C=O) groups is 1. The van der Waals surface area contributed by atoms with Crippen LogP contribution < -0.4 is 0 Å². The molecule has 1 saturated heterocycles. The first-order valence-electron chi connectivity index (χ1n) is 5.13. The maximum atomic E-state index is 11.6. The molecule has 0 radical (unpaired) electrons. The van der Waals surface area contributed by atoms with Gasteiger partial charge in [0.1, 0.15) is 5.38 Å². The molecule has 0 bridgehead atoms. The van der Waals surface area contributed by atoms with Crippen LogP contribution >= 0.6 is 11.6 Å². The molecule has 1 aliphatic rings. The topological polar surface area (TPSA) is 40.5 Å². The zero-order chi connectivity index (χ0) is 10.7. The summed E-state index contributed by atoms with van der Waals surface area (Å²) in [4.78, 5) is 13.3. The number of alkyl halides is 1. The van der Waals surface area contributed by atoms with Gasteiger partial charge < -0.3 is 10.0 Å². The fourth-order valence-corrected chi connectivity index (χ4v) is 1.99. The van der Waals surface area contributed by atoms with E-state index in [9.17, 15) is 9.90 Å². The van der Waals surface area contributed by atoms with Gasteiger partial charge in [-0.2, -0.15) is 0 Å². The molecule has 1 N–H and O–H groups in total. The van der Waals surface area contributed by atoms with Gasteiger partial charge in [-0.05, 0) is 26.7 Å². The number of hydrogen-bond acceptors (Lipinski definition) is 2. The molecule has 14 heavy (non-hydrogen) atoms. The lowest BCUT2D eigenvalue weighted by atomic mass is 9.93. The van der Waals surface area contributed by atoms with Gasteiger partial charge >= 0.3 is 0 Å². The van der Waals surface area contributed by atoms with Gasteiger partial charge in [0.05, 0.1) is 6.10 Å². The summed E-state index contributed by atoms with van der Waals surface area (Å²) in [6.07, 6.45) is 1.62. The van der Waals surface area contributed by atoms with Crippen LogP contribution in [0.15, 0.2) is 0 Å². The van der Waals surface area contributed by atoms with Gasteiger partial charge in [-0.15, -0.1) is 11.6 Å². The maximum absolute atomic E-state index is 11.6. The number of amides is 1. The number of hydrogen-bond donors (Lipinski definition) is 1. The summed E-state index contributed by atoms with van der Waals surface area (Å²) in [5, 5.41) is 8.99. The first kappa shape index (κ1) is 11.8. The Balaban J connectivity index is 2.51. The van der Waals surface area contributed by atoms with E-state index in [1.54, 1.807) is 18.7 Å². The van der Waals surface area contributed by atoms with Crippen LogP contribution in [-0.4, -0.2) is 40.5 Å². The summed E-state index contributed by atoms with van der Waals surface area (Å²) in [6, 6.07) is 0. The van der Waals surface area contributed by atoms with E-state index in [2.05, 4.69) is 0 Å². The molecule has 0 spiro atoms. The van der Waals surface area contributed by atoms with Crippen LogP contribution in [0.2, 0.25) is 0 Å². The molecule has 0 unspecified atom stereocenters.